The zero-order chi connectivity index (χ0) is 11.1. The minimum atomic E-state index is -0.316. The highest BCUT2D eigenvalue weighted by Gasteiger charge is 2.02. The fourth-order valence-corrected chi connectivity index (χ4v) is 0.975. The van der Waals surface area contributed by atoms with Crippen molar-refractivity contribution in [2.24, 2.45) is 0 Å². The molecule has 4 nitrogen and oxygen atoms in total. The van der Waals surface area contributed by atoms with Crippen LogP contribution in [0.4, 0.5) is 0 Å². The van der Waals surface area contributed by atoms with E-state index in [9.17, 15) is 9.59 Å². The largest absolute Gasteiger partial charge is 0.335 e. The van der Waals surface area contributed by atoms with Gasteiger partial charge in [0.25, 0.3) is 5.91 Å². The number of rotatable bonds is 4. The van der Waals surface area contributed by atoms with Gasteiger partial charge in [0.2, 0.25) is 5.91 Å². The van der Waals surface area contributed by atoms with Crippen molar-refractivity contribution < 1.29 is 9.59 Å². The van der Waals surface area contributed by atoms with Crippen molar-refractivity contribution in [2.75, 3.05) is 6.67 Å². The summed E-state index contributed by atoms with van der Waals surface area (Å²) in [5.41, 5.74) is 0.561. The topological polar surface area (TPSA) is 58.2 Å². The summed E-state index contributed by atoms with van der Waals surface area (Å²) in [5.74, 6) is -0.539. The van der Waals surface area contributed by atoms with Crippen LogP contribution in [0, 0.1) is 0 Å². The Morgan fingerprint density at radius 1 is 1.20 bits per heavy atom. The summed E-state index contributed by atoms with van der Waals surface area (Å²) in [7, 11) is 0. The van der Waals surface area contributed by atoms with Gasteiger partial charge in [-0.15, -0.1) is 0 Å². The molecule has 0 heterocycles. The van der Waals surface area contributed by atoms with Crippen LogP contribution in [-0.2, 0) is 4.79 Å². The van der Waals surface area contributed by atoms with E-state index >= 15 is 0 Å². The number of hydrogen-bond acceptors (Lipinski definition) is 2. The predicted molar refractivity (Wildman–Crippen MR) is 57.1 cm³/mol. The molecule has 2 amide bonds. The van der Waals surface area contributed by atoms with E-state index in [0.29, 0.717) is 5.56 Å². The van der Waals surface area contributed by atoms with Gasteiger partial charge in [-0.25, -0.2) is 0 Å². The molecule has 0 saturated heterocycles. The van der Waals surface area contributed by atoms with E-state index in [4.69, 9.17) is 0 Å². The second-order valence-corrected chi connectivity index (χ2v) is 2.79. The Hall–Kier alpha value is -2.10. The lowest BCUT2D eigenvalue weighted by atomic mass is 10.2. The van der Waals surface area contributed by atoms with Gasteiger partial charge in [0.1, 0.15) is 0 Å². The van der Waals surface area contributed by atoms with Gasteiger partial charge in [0.05, 0.1) is 6.67 Å². The molecule has 0 radical (unpaired) electrons. The first kappa shape index (κ1) is 11.0. The van der Waals surface area contributed by atoms with Crippen molar-refractivity contribution in [3.8, 4) is 0 Å². The molecule has 2 N–H and O–H groups in total. The maximum atomic E-state index is 11.4. The van der Waals surface area contributed by atoms with Crippen LogP contribution in [0.2, 0.25) is 0 Å². The lowest BCUT2D eigenvalue weighted by Gasteiger charge is -2.05. The van der Waals surface area contributed by atoms with Crippen molar-refractivity contribution in [2.45, 2.75) is 0 Å². The number of amides is 2. The summed E-state index contributed by atoms with van der Waals surface area (Å²) in [6.45, 7) is 3.39. The summed E-state index contributed by atoms with van der Waals surface area (Å²) >= 11 is 0. The first-order valence-corrected chi connectivity index (χ1v) is 4.47. The van der Waals surface area contributed by atoms with Gasteiger partial charge in [0, 0.05) is 5.56 Å². The normalized spacial score (nSPS) is 9.07. The summed E-state index contributed by atoms with van der Waals surface area (Å²) in [6.07, 6.45) is 1.15. The van der Waals surface area contributed by atoms with Crippen LogP contribution in [-0.4, -0.2) is 18.5 Å². The maximum Gasteiger partial charge on any atom is 0.252 e. The van der Waals surface area contributed by atoms with Gasteiger partial charge in [0.15, 0.2) is 0 Å². The average molecular weight is 204 g/mol. The smallest absolute Gasteiger partial charge is 0.252 e. The van der Waals surface area contributed by atoms with Crippen molar-refractivity contribution in [3.63, 3.8) is 0 Å². The van der Waals surface area contributed by atoms with Gasteiger partial charge in [-0.3, -0.25) is 9.59 Å². The third-order valence-electron chi connectivity index (χ3n) is 1.73. The van der Waals surface area contributed by atoms with E-state index in [1.54, 1.807) is 24.3 Å². The van der Waals surface area contributed by atoms with Crippen LogP contribution in [0.15, 0.2) is 43.0 Å². The van der Waals surface area contributed by atoms with Crippen molar-refractivity contribution in [3.05, 3.63) is 48.6 Å². The second-order valence-electron chi connectivity index (χ2n) is 2.79. The van der Waals surface area contributed by atoms with Crippen LogP contribution in [0.3, 0.4) is 0 Å². The van der Waals surface area contributed by atoms with Gasteiger partial charge in [-0.2, -0.15) is 0 Å². The molecular formula is C11H12N2O2. The van der Waals surface area contributed by atoms with Gasteiger partial charge in [-0.1, -0.05) is 24.8 Å². The highest BCUT2D eigenvalue weighted by atomic mass is 16.2. The summed E-state index contributed by atoms with van der Waals surface area (Å²) in [6, 6.07) is 8.78. The molecule has 1 rings (SSSR count). The third kappa shape index (κ3) is 3.64. The van der Waals surface area contributed by atoms with Crippen molar-refractivity contribution in [1.82, 2.24) is 10.6 Å². The summed E-state index contributed by atoms with van der Waals surface area (Å²) in [5, 5.41) is 4.99. The molecule has 0 aliphatic rings. The summed E-state index contributed by atoms with van der Waals surface area (Å²) in [4.78, 5) is 22.2. The number of hydrogen-bond donors (Lipinski definition) is 2. The molecule has 1 aromatic carbocycles. The molecule has 78 valence electrons. The lowest BCUT2D eigenvalue weighted by molar-refractivity contribution is -0.116. The SMILES string of the molecule is C=CC(=O)NCNC(=O)c1ccccc1. The molecule has 0 bridgehead atoms. The Bertz CT molecular complexity index is 360. The molecule has 0 aromatic heterocycles. The van der Waals surface area contributed by atoms with Crippen LogP contribution in [0.5, 0.6) is 0 Å². The average Bonchev–Trinajstić information content (AvgIpc) is 2.29. The first-order valence-electron chi connectivity index (χ1n) is 4.47. The van der Waals surface area contributed by atoms with Crippen LogP contribution >= 0.6 is 0 Å². The molecule has 0 aliphatic heterocycles. The molecule has 1 aromatic rings. The third-order valence-corrected chi connectivity index (χ3v) is 1.73. The second kappa shape index (κ2) is 5.59. The molecule has 0 aliphatic carbocycles. The Labute approximate surface area is 88.0 Å². The molecule has 0 fully saturated rings. The number of carbonyl (C=O) groups is 2. The van der Waals surface area contributed by atoms with Crippen molar-refractivity contribution in [1.29, 1.82) is 0 Å². The Balaban J connectivity index is 2.37. The fraction of sp³-hybridized carbons (Fsp3) is 0.0909. The Kier molecular flexibility index (Phi) is 4.09. The van der Waals surface area contributed by atoms with E-state index in [-0.39, 0.29) is 18.5 Å². The van der Waals surface area contributed by atoms with E-state index < -0.39 is 0 Å². The number of benzene rings is 1. The Morgan fingerprint density at radius 3 is 2.47 bits per heavy atom. The molecular weight excluding hydrogens is 192 g/mol. The molecule has 0 saturated carbocycles. The molecule has 0 unspecified atom stereocenters. The molecule has 15 heavy (non-hydrogen) atoms. The minimum Gasteiger partial charge on any atom is -0.335 e. The first-order chi connectivity index (χ1) is 7.24. The van der Waals surface area contributed by atoms with E-state index in [1.807, 2.05) is 6.07 Å². The fourth-order valence-electron chi connectivity index (χ4n) is 0.975. The van der Waals surface area contributed by atoms with Crippen molar-refractivity contribution >= 4 is 11.8 Å². The predicted octanol–water partition coefficient (Wildman–Crippen LogP) is 0.676. The van der Waals surface area contributed by atoms with Crippen LogP contribution in [0.25, 0.3) is 0 Å². The molecule has 0 spiro atoms. The van der Waals surface area contributed by atoms with E-state index in [0.717, 1.165) is 6.08 Å². The molecule has 0 atom stereocenters. The number of carbonyl (C=O) groups excluding carboxylic acids is 2. The van der Waals surface area contributed by atoms with Crippen LogP contribution in [0.1, 0.15) is 10.4 Å². The van der Waals surface area contributed by atoms with Gasteiger partial charge < -0.3 is 10.6 Å². The quantitative estimate of drug-likeness (QED) is 0.559. The lowest BCUT2D eigenvalue weighted by Crippen LogP contribution is -2.36. The van der Waals surface area contributed by atoms with E-state index in [2.05, 4.69) is 17.2 Å². The van der Waals surface area contributed by atoms with Crippen LogP contribution < -0.4 is 10.6 Å². The zero-order valence-corrected chi connectivity index (χ0v) is 8.19. The Morgan fingerprint density at radius 2 is 1.87 bits per heavy atom. The van der Waals surface area contributed by atoms with Gasteiger partial charge in [-0.05, 0) is 18.2 Å². The standard InChI is InChI=1S/C11H12N2O2/c1-2-10(14)12-8-13-11(15)9-6-4-3-5-7-9/h2-7H,1,8H2,(H,12,14)(H,13,15). The maximum absolute atomic E-state index is 11.4. The number of nitrogens with one attached hydrogen (secondary N) is 2. The van der Waals surface area contributed by atoms with E-state index in [1.165, 1.54) is 0 Å². The summed E-state index contributed by atoms with van der Waals surface area (Å²) < 4.78 is 0. The molecule has 4 heteroatoms. The zero-order valence-electron chi connectivity index (χ0n) is 8.19. The van der Waals surface area contributed by atoms with Gasteiger partial charge >= 0.3 is 0 Å². The minimum absolute atomic E-state index is 0.0958. The monoisotopic (exact) mass is 204 g/mol. The highest BCUT2D eigenvalue weighted by Crippen LogP contribution is 1.96. The highest BCUT2D eigenvalue weighted by molar-refractivity contribution is 5.94.